The summed E-state index contributed by atoms with van der Waals surface area (Å²) < 4.78 is 0. The van der Waals surface area contributed by atoms with Gasteiger partial charge in [0.15, 0.2) is 0 Å². The van der Waals surface area contributed by atoms with Crippen molar-refractivity contribution in [2.24, 2.45) is 0 Å². The third kappa shape index (κ3) is 29.0. The van der Waals surface area contributed by atoms with Crippen LogP contribution < -0.4 is 51.4 Å². The van der Waals surface area contributed by atoms with Crippen molar-refractivity contribution in [2.75, 3.05) is 14.2 Å². The van der Waals surface area contributed by atoms with Gasteiger partial charge in [-0.05, 0) is 0 Å². The van der Waals surface area contributed by atoms with Gasteiger partial charge in [0.2, 0.25) is 0 Å². The van der Waals surface area contributed by atoms with E-state index in [-0.39, 0.29) is 51.4 Å². The molecular formula is C2H8KO2+. The van der Waals surface area contributed by atoms with Crippen molar-refractivity contribution in [3.05, 3.63) is 0 Å². The molecule has 0 heterocycles. The van der Waals surface area contributed by atoms with Gasteiger partial charge in [0.05, 0.1) is 0 Å². The first-order chi connectivity index (χ1) is 2.00. The molecule has 0 amide bonds. The van der Waals surface area contributed by atoms with E-state index in [1.54, 1.807) is 0 Å². The topological polar surface area (TPSA) is 40.5 Å². The first kappa shape index (κ1) is 16.0. The quantitative estimate of drug-likeness (QED) is 0.309. The van der Waals surface area contributed by atoms with E-state index in [0.717, 1.165) is 14.2 Å². The third-order valence-electron chi connectivity index (χ3n) is 0. The summed E-state index contributed by atoms with van der Waals surface area (Å²) >= 11 is 0. The van der Waals surface area contributed by atoms with Gasteiger partial charge < -0.3 is 10.2 Å². The van der Waals surface area contributed by atoms with Gasteiger partial charge in [-0.2, -0.15) is 0 Å². The maximum atomic E-state index is 7.00. The average Bonchev–Trinajstić information content (AvgIpc) is 1.50. The van der Waals surface area contributed by atoms with Crippen molar-refractivity contribution in [3.63, 3.8) is 0 Å². The normalized spacial score (nSPS) is 2.40. The van der Waals surface area contributed by atoms with Crippen LogP contribution in [0.1, 0.15) is 0 Å². The summed E-state index contributed by atoms with van der Waals surface area (Å²) in [4.78, 5) is 0. The summed E-state index contributed by atoms with van der Waals surface area (Å²) in [6.07, 6.45) is 0. The number of aliphatic hydroxyl groups is 2. The standard InChI is InChI=1S/2CH4O.K/c2*1-2;/h2*2H,1H3;/q;;+1. The number of hydrogen-bond acceptors (Lipinski definition) is 2. The molecule has 0 rings (SSSR count). The number of hydrogen-bond donors (Lipinski definition) is 2. The monoisotopic (exact) mass is 103 g/mol. The zero-order valence-corrected chi connectivity index (χ0v) is 7.02. The van der Waals surface area contributed by atoms with Crippen molar-refractivity contribution < 1.29 is 61.6 Å². The van der Waals surface area contributed by atoms with Crippen molar-refractivity contribution in [2.45, 2.75) is 0 Å². The predicted molar refractivity (Wildman–Crippen MR) is 16.3 cm³/mol. The van der Waals surface area contributed by atoms with E-state index < -0.39 is 0 Å². The van der Waals surface area contributed by atoms with Crippen LogP contribution in [-0.4, -0.2) is 24.4 Å². The van der Waals surface area contributed by atoms with Crippen LogP contribution in [0.5, 0.6) is 0 Å². The molecule has 0 atom stereocenters. The molecule has 0 saturated heterocycles. The van der Waals surface area contributed by atoms with Crippen LogP contribution in [-0.2, 0) is 0 Å². The minimum atomic E-state index is 0. The maximum Gasteiger partial charge on any atom is 1.00 e. The van der Waals surface area contributed by atoms with Crippen molar-refractivity contribution in [1.82, 2.24) is 0 Å². The number of aliphatic hydroxyl groups excluding tert-OH is 2. The average molecular weight is 103 g/mol. The van der Waals surface area contributed by atoms with Crippen LogP contribution in [0.4, 0.5) is 0 Å². The fourth-order valence-electron chi connectivity index (χ4n) is 0. The fourth-order valence-corrected chi connectivity index (χ4v) is 0. The number of rotatable bonds is 0. The molecule has 0 unspecified atom stereocenters. The summed E-state index contributed by atoms with van der Waals surface area (Å²) in [7, 11) is 2.00. The summed E-state index contributed by atoms with van der Waals surface area (Å²) in [5.74, 6) is 0. The van der Waals surface area contributed by atoms with Crippen LogP contribution >= 0.6 is 0 Å². The zero-order chi connectivity index (χ0) is 4.00. The first-order valence-electron chi connectivity index (χ1n) is 0.894. The predicted octanol–water partition coefficient (Wildman–Crippen LogP) is -3.78. The molecule has 0 bridgehead atoms. The van der Waals surface area contributed by atoms with Gasteiger partial charge >= 0.3 is 51.4 Å². The molecule has 0 saturated carbocycles. The molecule has 28 valence electrons. The fraction of sp³-hybridized carbons (Fsp3) is 1.00. The van der Waals surface area contributed by atoms with E-state index in [1.807, 2.05) is 0 Å². The molecule has 5 heavy (non-hydrogen) atoms. The maximum absolute atomic E-state index is 7.00. The molecule has 0 aliphatic rings. The van der Waals surface area contributed by atoms with Gasteiger partial charge in [-0.15, -0.1) is 0 Å². The second-order valence-corrected chi connectivity index (χ2v) is 0. The third-order valence-corrected chi connectivity index (χ3v) is 0. The molecule has 3 heteroatoms. The molecule has 0 aromatic rings. The summed E-state index contributed by atoms with van der Waals surface area (Å²) in [5, 5.41) is 14.0. The SMILES string of the molecule is CO.CO.[K+]. The summed E-state index contributed by atoms with van der Waals surface area (Å²) in [5.41, 5.74) is 0. The Bertz CT molecular complexity index is 7.61. The Morgan fingerprint density at radius 2 is 0.800 bits per heavy atom. The Labute approximate surface area is 74.6 Å². The Hall–Kier alpha value is 1.56. The van der Waals surface area contributed by atoms with Crippen LogP contribution in [0.25, 0.3) is 0 Å². The minimum Gasteiger partial charge on any atom is -0.400 e. The molecule has 2 nitrogen and oxygen atoms in total. The molecule has 0 spiro atoms. The van der Waals surface area contributed by atoms with E-state index in [1.165, 1.54) is 0 Å². The molecule has 0 fully saturated rings. The van der Waals surface area contributed by atoms with E-state index in [9.17, 15) is 0 Å². The van der Waals surface area contributed by atoms with Gasteiger partial charge in [-0.1, -0.05) is 0 Å². The van der Waals surface area contributed by atoms with Crippen LogP contribution in [0.15, 0.2) is 0 Å². The molecular weight excluding hydrogens is 95.1 g/mol. The Morgan fingerprint density at radius 1 is 0.800 bits per heavy atom. The molecule has 0 radical (unpaired) electrons. The second-order valence-electron chi connectivity index (χ2n) is 0. The smallest absolute Gasteiger partial charge is 0.400 e. The van der Waals surface area contributed by atoms with Gasteiger partial charge in [0, 0.05) is 14.2 Å². The van der Waals surface area contributed by atoms with Crippen molar-refractivity contribution in [1.29, 1.82) is 0 Å². The molecule has 2 N–H and O–H groups in total. The van der Waals surface area contributed by atoms with E-state index >= 15 is 0 Å². The molecule has 0 aliphatic carbocycles. The Kier molecular flexibility index (Phi) is 152. The van der Waals surface area contributed by atoms with E-state index in [0.29, 0.717) is 0 Å². The minimum absolute atomic E-state index is 0. The van der Waals surface area contributed by atoms with Gasteiger partial charge in [0.25, 0.3) is 0 Å². The van der Waals surface area contributed by atoms with Crippen LogP contribution in [0.2, 0.25) is 0 Å². The van der Waals surface area contributed by atoms with Crippen molar-refractivity contribution >= 4 is 0 Å². The van der Waals surface area contributed by atoms with Gasteiger partial charge in [-0.3, -0.25) is 0 Å². The van der Waals surface area contributed by atoms with Crippen molar-refractivity contribution in [3.8, 4) is 0 Å². The second kappa shape index (κ2) is 47.6. The first-order valence-corrected chi connectivity index (χ1v) is 0.894. The Morgan fingerprint density at radius 3 is 0.800 bits per heavy atom. The Balaban J connectivity index is -0.0000000133. The summed E-state index contributed by atoms with van der Waals surface area (Å²) in [6, 6.07) is 0. The van der Waals surface area contributed by atoms with Gasteiger partial charge in [-0.25, -0.2) is 0 Å². The van der Waals surface area contributed by atoms with E-state index in [4.69, 9.17) is 10.2 Å². The summed E-state index contributed by atoms with van der Waals surface area (Å²) in [6.45, 7) is 0. The largest absolute Gasteiger partial charge is 1.00 e. The van der Waals surface area contributed by atoms with Crippen LogP contribution in [0.3, 0.4) is 0 Å². The van der Waals surface area contributed by atoms with E-state index in [2.05, 4.69) is 0 Å². The molecule has 0 aliphatic heterocycles. The molecule has 0 aromatic heterocycles. The zero-order valence-electron chi connectivity index (χ0n) is 3.89. The molecule has 0 aromatic carbocycles. The van der Waals surface area contributed by atoms with Gasteiger partial charge in [0.1, 0.15) is 0 Å². The van der Waals surface area contributed by atoms with Crippen LogP contribution in [0, 0.1) is 0 Å².